The van der Waals surface area contributed by atoms with Crippen molar-refractivity contribution in [2.75, 3.05) is 26.2 Å². The average Bonchev–Trinajstić information content (AvgIpc) is 3.04. The number of amides is 1. The van der Waals surface area contributed by atoms with Crippen molar-refractivity contribution in [3.63, 3.8) is 0 Å². The molecule has 0 bridgehead atoms. The maximum atomic E-state index is 13.2. The molecular weight excluding hydrogens is 365 g/mol. The molecule has 1 amide bonds. The van der Waals surface area contributed by atoms with E-state index in [0.29, 0.717) is 24.7 Å². The van der Waals surface area contributed by atoms with E-state index in [9.17, 15) is 9.18 Å². The van der Waals surface area contributed by atoms with Crippen LogP contribution < -0.4 is 0 Å². The molecule has 3 aromatic rings. The van der Waals surface area contributed by atoms with Crippen LogP contribution in [0.25, 0.3) is 10.9 Å². The number of benzene rings is 2. The van der Waals surface area contributed by atoms with Crippen LogP contribution >= 0.6 is 11.6 Å². The molecule has 0 radical (unpaired) electrons. The Kier molecular flexibility index (Phi) is 4.89. The monoisotopic (exact) mass is 385 g/mol. The molecule has 0 saturated carbocycles. The second kappa shape index (κ2) is 7.33. The number of hydrogen-bond donors (Lipinski definition) is 1. The summed E-state index contributed by atoms with van der Waals surface area (Å²) >= 11 is 6.13. The number of aromatic nitrogens is 1. The molecular formula is C21H21ClFN3O. The van der Waals surface area contributed by atoms with Gasteiger partial charge in [0.15, 0.2) is 0 Å². The van der Waals surface area contributed by atoms with Crippen molar-refractivity contribution in [2.45, 2.75) is 13.5 Å². The fraction of sp³-hybridized carbons (Fsp3) is 0.286. The van der Waals surface area contributed by atoms with E-state index in [1.807, 2.05) is 36.2 Å². The molecule has 0 spiro atoms. The smallest absolute Gasteiger partial charge is 0.253 e. The molecule has 140 valence electrons. The molecule has 1 aliphatic heterocycles. The number of halogens is 2. The third-order valence-corrected chi connectivity index (χ3v) is 5.56. The number of nitrogens with one attached hydrogen (secondary N) is 1. The zero-order valence-electron chi connectivity index (χ0n) is 15.1. The summed E-state index contributed by atoms with van der Waals surface area (Å²) in [7, 11) is 0. The maximum absolute atomic E-state index is 13.2. The van der Waals surface area contributed by atoms with E-state index in [1.165, 1.54) is 12.1 Å². The van der Waals surface area contributed by atoms with Gasteiger partial charge >= 0.3 is 0 Å². The lowest BCUT2D eigenvalue weighted by Gasteiger charge is -2.35. The van der Waals surface area contributed by atoms with Crippen molar-refractivity contribution in [1.82, 2.24) is 14.8 Å². The summed E-state index contributed by atoms with van der Waals surface area (Å²) in [5, 5.41) is 1.54. The minimum Gasteiger partial charge on any atom is -0.361 e. The van der Waals surface area contributed by atoms with Gasteiger partial charge in [0, 0.05) is 60.4 Å². The van der Waals surface area contributed by atoms with Crippen molar-refractivity contribution >= 4 is 28.4 Å². The summed E-state index contributed by atoms with van der Waals surface area (Å²) in [6, 6.07) is 10.3. The van der Waals surface area contributed by atoms with Crippen LogP contribution in [0.3, 0.4) is 0 Å². The molecule has 2 heterocycles. The minimum atomic E-state index is -0.325. The summed E-state index contributed by atoms with van der Waals surface area (Å²) in [4.78, 5) is 20.2. The molecule has 6 heteroatoms. The average molecular weight is 386 g/mol. The first kappa shape index (κ1) is 18.0. The van der Waals surface area contributed by atoms with Crippen molar-refractivity contribution in [3.05, 3.63) is 70.1 Å². The van der Waals surface area contributed by atoms with Crippen LogP contribution in [0, 0.1) is 12.7 Å². The molecule has 4 rings (SSSR count). The highest BCUT2D eigenvalue weighted by atomic mass is 35.5. The van der Waals surface area contributed by atoms with Gasteiger partial charge in [-0.2, -0.15) is 0 Å². The number of carbonyl (C=O) groups excluding carboxylic acids is 1. The highest BCUT2D eigenvalue weighted by Crippen LogP contribution is 2.22. The summed E-state index contributed by atoms with van der Waals surface area (Å²) in [6.07, 6.45) is 1.96. The van der Waals surface area contributed by atoms with Gasteiger partial charge in [-0.25, -0.2) is 4.39 Å². The minimum absolute atomic E-state index is 0.0666. The van der Waals surface area contributed by atoms with Gasteiger partial charge in [0.1, 0.15) is 5.82 Å². The number of carbonyl (C=O) groups is 1. The molecule has 1 saturated heterocycles. The SMILES string of the molecule is Cc1c[nH]c2ccc(C(=O)N3CCN(Cc4ccc(F)cc4Cl)CC3)cc12. The second-order valence-electron chi connectivity index (χ2n) is 7.04. The van der Waals surface area contributed by atoms with Gasteiger partial charge < -0.3 is 9.88 Å². The summed E-state index contributed by atoms with van der Waals surface area (Å²) in [6.45, 7) is 5.57. The third-order valence-electron chi connectivity index (χ3n) is 5.20. The second-order valence-corrected chi connectivity index (χ2v) is 7.44. The van der Waals surface area contributed by atoms with Gasteiger partial charge in [0.2, 0.25) is 0 Å². The van der Waals surface area contributed by atoms with Crippen molar-refractivity contribution in [3.8, 4) is 0 Å². The Balaban J connectivity index is 1.40. The molecule has 1 aromatic heterocycles. The molecule has 0 unspecified atom stereocenters. The number of aromatic amines is 1. The summed E-state index contributed by atoms with van der Waals surface area (Å²) < 4.78 is 13.2. The number of H-pyrrole nitrogens is 1. The van der Waals surface area contributed by atoms with E-state index in [0.717, 1.165) is 40.7 Å². The normalized spacial score (nSPS) is 15.4. The van der Waals surface area contributed by atoms with Crippen LogP contribution in [0.2, 0.25) is 5.02 Å². The fourth-order valence-corrected chi connectivity index (χ4v) is 3.80. The molecule has 1 aliphatic rings. The maximum Gasteiger partial charge on any atom is 0.253 e. The molecule has 0 aliphatic carbocycles. The van der Waals surface area contributed by atoms with Crippen molar-refractivity contribution in [2.24, 2.45) is 0 Å². The van der Waals surface area contributed by atoms with Crippen LogP contribution in [-0.4, -0.2) is 46.9 Å². The van der Waals surface area contributed by atoms with Crippen molar-refractivity contribution in [1.29, 1.82) is 0 Å². The number of nitrogens with zero attached hydrogens (tertiary/aromatic N) is 2. The van der Waals surface area contributed by atoms with Gasteiger partial charge in [-0.15, -0.1) is 0 Å². The van der Waals surface area contributed by atoms with Crippen LogP contribution in [-0.2, 0) is 6.54 Å². The molecule has 1 N–H and O–H groups in total. The molecule has 4 nitrogen and oxygen atoms in total. The van der Waals surface area contributed by atoms with Gasteiger partial charge in [0.25, 0.3) is 5.91 Å². The lowest BCUT2D eigenvalue weighted by molar-refractivity contribution is 0.0628. The van der Waals surface area contributed by atoms with Gasteiger partial charge in [-0.05, 0) is 48.4 Å². The Morgan fingerprint density at radius 3 is 2.67 bits per heavy atom. The van der Waals surface area contributed by atoms with Crippen LogP contribution in [0.4, 0.5) is 4.39 Å². The lowest BCUT2D eigenvalue weighted by atomic mass is 10.1. The topological polar surface area (TPSA) is 39.3 Å². The van der Waals surface area contributed by atoms with Gasteiger partial charge in [-0.3, -0.25) is 9.69 Å². The Bertz CT molecular complexity index is 992. The predicted octanol–water partition coefficient (Wildman–Crippen LogP) is 4.23. The van der Waals surface area contributed by atoms with E-state index in [-0.39, 0.29) is 11.7 Å². The molecule has 2 aromatic carbocycles. The first-order chi connectivity index (χ1) is 13.0. The van der Waals surface area contributed by atoms with E-state index in [4.69, 9.17) is 11.6 Å². The fourth-order valence-electron chi connectivity index (χ4n) is 3.58. The zero-order chi connectivity index (χ0) is 19.0. The highest BCUT2D eigenvalue weighted by molar-refractivity contribution is 6.31. The standard InChI is InChI=1S/C21H21ClFN3O/c1-14-12-24-20-5-3-15(10-18(14)20)21(27)26-8-6-25(7-9-26)13-16-2-4-17(23)11-19(16)22/h2-5,10-12,24H,6-9,13H2,1H3. The predicted molar refractivity (Wildman–Crippen MR) is 106 cm³/mol. The summed E-state index contributed by atoms with van der Waals surface area (Å²) in [5.74, 6) is -0.259. The number of rotatable bonds is 3. The Hall–Kier alpha value is -2.37. The van der Waals surface area contributed by atoms with E-state index in [2.05, 4.69) is 9.88 Å². The first-order valence-corrected chi connectivity index (χ1v) is 9.42. The Morgan fingerprint density at radius 2 is 1.93 bits per heavy atom. The molecule has 0 atom stereocenters. The number of aryl methyl sites for hydroxylation is 1. The van der Waals surface area contributed by atoms with Crippen LogP contribution in [0.5, 0.6) is 0 Å². The van der Waals surface area contributed by atoms with E-state index >= 15 is 0 Å². The summed E-state index contributed by atoms with van der Waals surface area (Å²) in [5.41, 5.74) is 3.82. The van der Waals surface area contributed by atoms with Crippen LogP contribution in [0.15, 0.2) is 42.6 Å². The third kappa shape index (κ3) is 3.70. The van der Waals surface area contributed by atoms with E-state index < -0.39 is 0 Å². The number of piperazine rings is 1. The Labute approximate surface area is 162 Å². The quantitative estimate of drug-likeness (QED) is 0.733. The largest absolute Gasteiger partial charge is 0.361 e. The van der Waals surface area contributed by atoms with Crippen molar-refractivity contribution < 1.29 is 9.18 Å². The molecule has 1 fully saturated rings. The number of hydrogen-bond acceptors (Lipinski definition) is 2. The lowest BCUT2D eigenvalue weighted by Crippen LogP contribution is -2.48. The first-order valence-electron chi connectivity index (χ1n) is 9.04. The van der Waals surface area contributed by atoms with Gasteiger partial charge in [-0.1, -0.05) is 17.7 Å². The van der Waals surface area contributed by atoms with Crippen LogP contribution in [0.1, 0.15) is 21.5 Å². The van der Waals surface area contributed by atoms with E-state index in [1.54, 1.807) is 6.07 Å². The Morgan fingerprint density at radius 1 is 1.15 bits per heavy atom. The number of fused-ring (bicyclic) bond motifs is 1. The molecule has 27 heavy (non-hydrogen) atoms. The van der Waals surface area contributed by atoms with Gasteiger partial charge in [0.05, 0.1) is 0 Å². The zero-order valence-corrected chi connectivity index (χ0v) is 15.9. The highest BCUT2D eigenvalue weighted by Gasteiger charge is 2.23.